The number of halogens is 1. The maximum Gasteiger partial charge on any atom is 0.337 e. The molecule has 0 radical (unpaired) electrons. The van der Waals surface area contributed by atoms with E-state index in [-0.39, 0.29) is 0 Å². The van der Waals surface area contributed by atoms with E-state index in [0.717, 1.165) is 5.69 Å². The van der Waals surface area contributed by atoms with Crippen LogP contribution >= 0.6 is 11.6 Å². The number of benzene rings is 2. The van der Waals surface area contributed by atoms with Crippen molar-refractivity contribution in [3.63, 3.8) is 0 Å². The Balaban J connectivity index is 1.72. The highest BCUT2D eigenvalue weighted by molar-refractivity contribution is 6.32. The van der Waals surface area contributed by atoms with Crippen molar-refractivity contribution in [3.8, 4) is 5.75 Å². The summed E-state index contributed by atoms with van der Waals surface area (Å²) in [6.45, 7) is 0. The summed E-state index contributed by atoms with van der Waals surface area (Å²) >= 11 is 6.11. The van der Waals surface area contributed by atoms with E-state index < -0.39 is 5.97 Å². The first-order chi connectivity index (χ1) is 13.1. The van der Waals surface area contributed by atoms with E-state index in [1.54, 1.807) is 49.6 Å². The summed E-state index contributed by atoms with van der Waals surface area (Å²) in [5.74, 6) is 0.965. The van der Waals surface area contributed by atoms with Gasteiger partial charge in [-0.15, -0.1) is 5.10 Å². The summed E-state index contributed by atoms with van der Waals surface area (Å²) in [6.07, 6.45) is 1.49. The van der Waals surface area contributed by atoms with Gasteiger partial charge in [0.15, 0.2) is 5.82 Å². The first kappa shape index (κ1) is 18.4. The zero-order chi connectivity index (χ0) is 19.2. The number of carbonyl (C=O) groups is 1. The molecule has 138 valence electrons. The quantitative estimate of drug-likeness (QED) is 0.618. The van der Waals surface area contributed by atoms with Crippen molar-refractivity contribution < 1.29 is 14.3 Å². The van der Waals surface area contributed by atoms with Crippen LogP contribution in [0.2, 0.25) is 5.02 Å². The summed E-state index contributed by atoms with van der Waals surface area (Å²) in [5, 5.41) is 14.5. The number of nitrogens with one attached hydrogen (secondary N) is 2. The van der Waals surface area contributed by atoms with Crippen molar-refractivity contribution in [2.24, 2.45) is 0 Å². The van der Waals surface area contributed by atoms with Crippen LogP contribution in [0.4, 0.5) is 23.1 Å². The molecular formula is C18H16ClN5O3. The molecule has 3 aromatic rings. The van der Waals surface area contributed by atoms with Crippen molar-refractivity contribution in [2.45, 2.75) is 0 Å². The van der Waals surface area contributed by atoms with Crippen LogP contribution in [-0.2, 0) is 4.74 Å². The van der Waals surface area contributed by atoms with Crippen molar-refractivity contribution in [1.29, 1.82) is 0 Å². The molecule has 0 aliphatic carbocycles. The summed E-state index contributed by atoms with van der Waals surface area (Å²) in [6, 6.07) is 12.0. The van der Waals surface area contributed by atoms with Crippen molar-refractivity contribution in [2.75, 3.05) is 24.9 Å². The van der Waals surface area contributed by atoms with E-state index in [1.165, 1.54) is 13.3 Å². The van der Waals surface area contributed by atoms with E-state index in [9.17, 15) is 4.79 Å². The predicted octanol–water partition coefficient (Wildman–Crippen LogP) is 3.81. The molecule has 0 amide bonds. The molecule has 0 unspecified atom stereocenters. The van der Waals surface area contributed by atoms with Gasteiger partial charge < -0.3 is 20.1 Å². The first-order valence-corrected chi connectivity index (χ1v) is 8.22. The maximum atomic E-state index is 11.5. The Hall–Kier alpha value is -3.39. The Labute approximate surface area is 160 Å². The monoisotopic (exact) mass is 385 g/mol. The second kappa shape index (κ2) is 8.33. The molecule has 2 N–H and O–H groups in total. The molecule has 0 aliphatic heterocycles. The van der Waals surface area contributed by atoms with E-state index in [1.807, 2.05) is 0 Å². The maximum absolute atomic E-state index is 11.5. The number of carbonyl (C=O) groups excluding carboxylic acids is 1. The molecular weight excluding hydrogens is 370 g/mol. The lowest BCUT2D eigenvalue weighted by molar-refractivity contribution is 0.0601. The fourth-order valence-electron chi connectivity index (χ4n) is 2.25. The van der Waals surface area contributed by atoms with Crippen LogP contribution < -0.4 is 15.4 Å². The SMILES string of the molecule is COC(=O)c1ccc(Nc2cnnc(Nc3ccc(OC)c(Cl)c3)n2)cc1. The summed E-state index contributed by atoms with van der Waals surface area (Å²) in [4.78, 5) is 15.8. The Morgan fingerprint density at radius 3 is 2.44 bits per heavy atom. The topological polar surface area (TPSA) is 98.3 Å². The lowest BCUT2D eigenvalue weighted by atomic mass is 10.2. The second-order valence-electron chi connectivity index (χ2n) is 5.33. The number of esters is 1. The summed E-state index contributed by atoms with van der Waals surface area (Å²) < 4.78 is 9.80. The molecule has 0 saturated carbocycles. The van der Waals surface area contributed by atoms with Crippen molar-refractivity contribution in [1.82, 2.24) is 15.2 Å². The van der Waals surface area contributed by atoms with Crippen LogP contribution in [0.25, 0.3) is 0 Å². The second-order valence-corrected chi connectivity index (χ2v) is 5.74. The molecule has 27 heavy (non-hydrogen) atoms. The molecule has 1 aromatic heterocycles. The number of nitrogens with zero attached hydrogens (tertiary/aromatic N) is 3. The molecule has 0 aliphatic rings. The smallest absolute Gasteiger partial charge is 0.337 e. The Morgan fingerprint density at radius 1 is 1.04 bits per heavy atom. The van der Waals surface area contributed by atoms with Crippen LogP contribution in [0, 0.1) is 0 Å². The molecule has 9 heteroatoms. The van der Waals surface area contributed by atoms with Crippen LogP contribution in [0.3, 0.4) is 0 Å². The molecule has 3 rings (SSSR count). The van der Waals surface area contributed by atoms with Gasteiger partial charge >= 0.3 is 5.97 Å². The highest BCUT2D eigenvalue weighted by atomic mass is 35.5. The number of ether oxygens (including phenoxy) is 2. The minimum absolute atomic E-state index is 0.299. The van der Waals surface area contributed by atoms with E-state index in [4.69, 9.17) is 16.3 Å². The van der Waals surface area contributed by atoms with Gasteiger partial charge in [-0.2, -0.15) is 10.1 Å². The van der Waals surface area contributed by atoms with Gasteiger partial charge in [-0.25, -0.2) is 4.79 Å². The molecule has 1 heterocycles. The number of rotatable bonds is 6. The average molecular weight is 386 g/mol. The summed E-state index contributed by atoms with van der Waals surface area (Å²) in [7, 11) is 2.89. The minimum atomic E-state index is -0.394. The highest BCUT2D eigenvalue weighted by Gasteiger charge is 2.07. The normalized spacial score (nSPS) is 10.2. The lowest BCUT2D eigenvalue weighted by Crippen LogP contribution is -2.03. The molecule has 0 saturated heterocycles. The first-order valence-electron chi connectivity index (χ1n) is 7.84. The standard InChI is InChI=1S/C18H16ClN5O3/c1-26-15-8-7-13(9-14(15)19)22-18-23-16(10-20-24-18)21-12-5-3-11(4-6-12)17(25)27-2/h3-10H,1-2H3,(H2,21,22,23,24). The van der Waals surface area contributed by atoms with Gasteiger partial charge in [0, 0.05) is 11.4 Å². The van der Waals surface area contributed by atoms with Crippen molar-refractivity contribution in [3.05, 3.63) is 59.2 Å². The number of methoxy groups -OCH3 is 2. The zero-order valence-corrected chi connectivity index (χ0v) is 15.3. The predicted molar refractivity (Wildman–Crippen MR) is 102 cm³/mol. The van der Waals surface area contributed by atoms with Gasteiger partial charge in [0.25, 0.3) is 0 Å². The van der Waals surface area contributed by atoms with Crippen LogP contribution in [-0.4, -0.2) is 35.4 Å². The average Bonchev–Trinajstić information content (AvgIpc) is 2.68. The van der Waals surface area contributed by atoms with Gasteiger partial charge in [-0.1, -0.05) is 11.6 Å². The van der Waals surface area contributed by atoms with Gasteiger partial charge in [0.2, 0.25) is 5.95 Å². The lowest BCUT2D eigenvalue weighted by Gasteiger charge is -2.09. The third-order valence-electron chi connectivity index (χ3n) is 3.55. The van der Waals surface area contributed by atoms with Crippen LogP contribution in [0.15, 0.2) is 48.7 Å². The fourth-order valence-corrected chi connectivity index (χ4v) is 2.50. The molecule has 0 fully saturated rings. The third kappa shape index (κ3) is 4.62. The number of hydrogen-bond donors (Lipinski definition) is 2. The third-order valence-corrected chi connectivity index (χ3v) is 3.84. The molecule has 0 atom stereocenters. The van der Waals surface area contributed by atoms with Gasteiger partial charge in [0.05, 0.1) is 31.0 Å². The number of aromatic nitrogens is 3. The van der Waals surface area contributed by atoms with Gasteiger partial charge in [0.1, 0.15) is 5.75 Å². The molecule has 0 bridgehead atoms. The fraction of sp³-hybridized carbons (Fsp3) is 0.111. The van der Waals surface area contributed by atoms with E-state index in [0.29, 0.717) is 33.8 Å². The Morgan fingerprint density at radius 2 is 1.78 bits per heavy atom. The molecule has 0 spiro atoms. The van der Waals surface area contributed by atoms with E-state index >= 15 is 0 Å². The molecule has 8 nitrogen and oxygen atoms in total. The zero-order valence-electron chi connectivity index (χ0n) is 14.6. The molecule has 2 aromatic carbocycles. The number of anilines is 4. The highest BCUT2D eigenvalue weighted by Crippen LogP contribution is 2.28. The summed E-state index contributed by atoms with van der Waals surface area (Å²) in [5.41, 5.74) is 1.89. The van der Waals surface area contributed by atoms with Gasteiger partial charge in [-0.3, -0.25) is 0 Å². The van der Waals surface area contributed by atoms with Crippen LogP contribution in [0.5, 0.6) is 5.75 Å². The largest absolute Gasteiger partial charge is 0.495 e. The number of hydrogen-bond acceptors (Lipinski definition) is 8. The van der Waals surface area contributed by atoms with Crippen molar-refractivity contribution >= 4 is 40.7 Å². The minimum Gasteiger partial charge on any atom is -0.495 e. The van der Waals surface area contributed by atoms with Crippen LogP contribution in [0.1, 0.15) is 10.4 Å². The van der Waals surface area contributed by atoms with Gasteiger partial charge in [-0.05, 0) is 42.5 Å². The van der Waals surface area contributed by atoms with E-state index in [2.05, 4.69) is 30.6 Å². The Kier molecular flexibility index (Phi) is 5.68. The Bertz CT molecular complexity index is 950.